The SMILES string of the molecule is COc1ccc(C23CCC(CN(C(=O)C4CCC(OC(=O)NCCCO)CC4)c4cc(-c5cnn(C(C)C)c5)ncn4)(CC2)CC3)cc1C. The minimum absolute atomic E-state index is 0.0178. The largest absolute Gasteiger partial charge is 0.496 e. The summed E-state index contributed by atoms with van der Waals surface area (Å²) in [7, 11) is 1.72. The van der Waals surface area contributed by atoms with E-state index >= 15 is 0 Å². The van der Waals surface area contributed by atoms with Crippen molar-refractivity contribution in [1.82, 2.24) is 25.1 Å². The molecule has 2 N–H and O–H groups in total. The number of aromatic nitrogens is 4. The lowest BCUT2D eigenvalue weighted by Gasteiger charge is -2.55. The molecule has 264 valence electrons. The maximum atomic E-state index is 14.6. The first-order chi connectivity index (χ1) is 23.6. The van der Waals surface area contributed by atoms with Gasteiger partial charge in [-0.25, -0.2) is 14.8 Å². The summed E-state index contributed by atoms with van der Waals surface area (Å²) < 4.78 is 13.1. The van der Waals surface area contributed by atoms with E-state index in [0.717, 1.165) is 55.5 Å². The third kappa shape index (κ3) is 7.61. The van der Waals surface area contributed by atoms with E-state index in [2.05, 4.69) is 54.4 Å². The minimum Gasteiger partial charge on any atom is -0.496 e. The Hall–Kier alpha value is -3.99. The van der Waals surface area contributed by atoms with Crippen LogP contribution >= 0.6 is 0 Å². The Morgan fingerprint density at radius 1 is 1.06 bits per heavy atom. The number of ether oxygens (including phenoxy) is 2. The van der Waals surface area contributed by atoms with E-state index in [9.17, 15) is 9.59 Å². The molecule has 1 aromatic carbocycles. The van der Waals surface area contributed by atoms with Gasteiger partial charge in [0.2, 0.25) is 5.91 Å². The second-order valence-corrected chi connectivity index (χ2v) is 14.8. The summed E-state index contributed by atoms with van der Waals surface area (Å²) in [5, 5.41) is 16.2. The van der Waals surface area contributed by atoms with Crippen molar-refractivity contribution in [2.24, 2.45) is 11.3 Å². The molecule has 11 heteroatoms. The number of carbonyl (C=O) groups is 2. The standard InChI is InChI=1S/C38H52N6O5/c1-26(2)44-23-29(22-42-44)32-21-34(41-25-40-32)43(35(46)28-6-9-31(10-7-28)49-36(47)39-18-5-19-45)24-37-12-15-38(16-13-37,17-14-37)30-8-11-33(48-4)27(3)20-30/h8,11,20-23,25-26,28,31,45H,5-7,9-10,12-19,24H2,1-4H3,(H,39,47). The molecule has 4 fully saturated rings. The average Bonchev–Trinajstić information content (AvgIpc) is 3.63. The highest BCUT2D eigenvalue weighted by atomic mass is 16.6. The summed E-state index contributed by atoms with van der Waals surface area (Å²) in [5.41, 5.74) is 4.43. The predicted octanol–water partition coefficient (Wildman–Crippen LogP) is 6.53. The number of aliphatic hydroxyl groups is 1. The molecule has 49 heavy (non-hydrogen) atoms. The van der Waals surface area contributed by atoms with Gasteiger partial charge in [0, 0.05) is 49.5 Å². The minimum atomic E-state index is -0.464. The predicted molar refractivity (Wildman–Crippen MR) is 187 cm³/mol. The zero-order chi connectivity index (χ0) is 34.6. The van der Waals surface area contributed by atoms with Crippen LogP contribution in [0.5, 0.6) is 5.75 Å². The Morgan fingerprint density at radius 3 is 2.43 bits per heavy atom. The fourth-order valence-corrected chi connectivity index (χ4v) is 8.26. The van der Waals surface area contributed by atoms with E-state index < -0.39 is 6.09 Å². The van der Waals surface area contributed by atoms with Gasteiger partial charge < -0.3 is 19.9 Å². The van der Waals surface area contributed by atoms with Gasteiger partial charge in [-0.15, -0.1) is 0 Å². The van der Waals surface area contributed by atoms with Crippen molar-refractivity contribution in [3.05, 3.63) is 54.1 Å². The number of aryl methyl sites for hydroxylation is 1. The van der Waals surface area contributed by atoms with Gasteiger partial charge in [-0.1, -0.05) is 12.1 Å². The van der Waals surface area contributed by atoms with Gasteiger partial charge in [-0.3, -0.25) is 14.4 Å². The second kappa shape index (κ2) is 14.9. The van der Waals surface area contributed by atoms with Gasteiger partial charge in [0.25, 0.3) is 0 Å². The molecule has 4 saturated carbocycles. The van der Waals surface area contributed by atoms with Crippen molar-refractivity contribution in [2.75, 3.05) is 31.7 Å². The number of carbonyl (C=O) groups excluding carboxylic acids is 2. The molecule has 0 unspecified atom stereocenters. The topological polar surface area (TPSA) is 132 Å². The van der Waals surface area contributed by atoms with Crippen molar-refractivity contribution in [3.8, 4) is 17.0 Å². The van der Waals surface area contributed by atoms with Crippen molar-refractivity contribution in [1.29, 1.82) is 0 Å². The van der Waals surface area contributed by atoms with Crippen LogP contribution in [0.4, 0.5) is 10.6 Å². The molecule has 3 aromatic rings. The fourth-order valence-electron chi connectivity index (χ4n) is 8.26. The fraction of sp³-hybridized carbons (Fsp3) is 0.605. The van der Waals surface area contributed by atoms with E-state index in [1.165, 1.54) is 11.1 Å². The summed E-state index contributed by atoms with van der Waals surface area (Å²) in [4.78, 5) is 38.0. The lowest BCUT2D eigenvalue weighted by atomic mass is 9.51. The van der Waals surface area contributed by atoms with Crippen LogP contribution in [-0.4, -0.2) is 69.8 Å². The number of benzene rings is 1. The molecule has 7 rings (SSSR count). The average molecular weight is 673 g/mol. The van der Waals surface area contributed by atoms with Gasteiger partial charge in [-0.05, 0) is 119 Å². The van der Waals surface area contributed by atoms with Gasteiger partial charge >= 0.3 is 6.09 Å². The molecule has 2 aromatic heterocycles. The highest BCUT2D eigenvalue weighted by molar-refractivity contribution is 5.94. The van der Waals surface area contributed by atoms with Crippen LogP contribution in [-0.2, 0) is 14.9 Å². The number of nitrogens with one attached hydrogen (secondary N) is 1. The number of fused-ring (bicyclic) bond motifs is 3. The number of amides is 2. The smallest absolute Gasteiger partial charge is 0.407 e. The van der Waals surface area contributed by atoms with Gasteiger partial charge in [0.05, 0.1) is 19.0 Å². The Balaban J connectivity index is 1.20. The van der Waals surface area contributed by atoms with Crippen LogP contribution in [0.1, 0.15) is 102 Å². The number of methoxy groups -OCH3 is 1. The molecule has 0 aliphatic heterocycles. The molecular weight excluding hydrogens is 620 g/mol. The highest BCUT2D eigenvalue weighted by Gasteiger charge is 2.51. The Bertz CT molecular complexity index is 1590. The van der Waals surface area contributed by atoms with E-state index in [0.29, 0.717) is 51.0 Å². The zero-order valence-electron chi connectivity index (χ0n) is 29.5. The Kier molecular flexibility index (Phi) is 10.6. The molecule has 2 amide bonds. The number of hydrogen-bond acceptors (Lipinski definition) is 8. The molecule has 0 radical (unpaired) electrons. The van der Waals surface area contributed by atoms with Gasteiger partial charge in [0.15, 0.2) is 0 Å². The third-order valence-electron chi connectivity index (χ3n) is 11.4. The monoisotopic (exact) mass is 672 g/mol. The zero-order valence-corrected chi connectivity index (χ0v) is 29.5. The summed E-state index contributed by atoms with van der Waals surface area (Å²) in [5.74, 6) is 1.48. The lowest BCUT2D eigenvalue weighted by Crippen LogP contribution is -2.52. The van der Waals surface area contributed by atoms with Crippen LogP contribution in [0, 0.1) is 18.3 Å². The number of rotatable bonds is 12. The van der Waals surface area contributed by atoms with Crippen molar-refractivity contribution in [3.63, 3.8) is 0 Å². The summed E-state index contributed by atoms with van der Waals surface area (Å²) in [6.07, 6.45) is 14.2. The van der Waals surface area contributed by atoms with E-state index in [1.807, 2.05) is 28.0 Å². The lowest BCUT2D eigenvalue weighted by molar-refractivity contribution is -0.124. The quantitative estimate of drug-likeness (QED) is 0.208. The van der Waals surface area contributed by atoms with Crippen LogP contribution in [0.2, 0.25) is 0 Å². The van der Waals surface area contributed by atoms with Crippen LogP contribution < -0.4 is 15.0 Å². The Morgan fingerprint density at radius 2 is 1.80 bits per heavy atom. The van der Waals surface area contributed by atoms with Crippen LogP contribution in [0.15, 0.2) is 43.0 Å². The highest BCUT2D eigenvalue weighted by Crippen LogP contribution is 2.58. The van der Waals surface area contributed by atoms with Crippen molar-refractivity contribution >= 4 is 17.8 Å². The maximum absolute atomic E-state index is 14.6. The number of alkyl carbamates (subject to hydrolysis) is 1. The first-order valence-electron chi connectivity index (χ1n) is 18.0. The molecular formula is C38H52N6O5. The molecule has 2 bridgehead atoms. The number of aliphatic hydroxyl groups excluding tert-OH is 1. The molecule has 11 nitrogen and oxygen atoms in total. The molecule has 0 atom stereocenters. The summed E-state index contributed by atoms with van der Waals surface area (Å²) >= 11 is 0. The van der Waals surface area contributed by atoms with Crippen LogP contribution in [0.25, 0.3) is 11.3 Å². The maximum Gasteiger partial charge on any atom is 0.407 e. The number of nitrogens with zero attached hydrogens (tertiary/aromatic N) is 5. The van der Waals surface area contributed by atoms with Gasteiger partial charge in [0.1, 0.15) is 24.0 Å². The number of anilines is 1. The van der Waals surface area contributed by atoms with Gasteiger partial charge in [-0.2, -0.15) is 5.10 Å². The van der Waals surface area contributed by atoms with E-state index in [1.54, 1.807) is 13.4 Å². The Labute approximate surface area is 289 Å². The molecule has 0 spiro atoms. The molecule has 4 aliphatic rings. The second-order valence-electron chi connectivity index (χ2n) is 14.8. The van der Waals surface area contributed by atoms with Crippen molar-refractivity contribution in [2.45, 2.75) is 109 Å². The molecule has 4 aliphatic carbocycles. The first kappa shape index (κ1) is 34.9. The molecule has 2 heterocycles. The van der Waals surface area contributed by atoms with Crippen molar-refractivity contribution < 1.29 is 24.2 Å². The number of hydrogen-bond donors (Lipinski definition) is 2. The normalized spacial score (nSPS) is 24.9. The molecule has 0 saturated heterocycles. The summed E-state index contributed by atoms with van der Waals surface area (Å²) in [6.45, 7) is 7.32. The van der Waals surface area contributed by atoms with Crippen LogP contribution in [0.3, 0.4) is 0 Å². The summed E-state index contributed by atoms with van der Waals surface area (Å²) in [6, 6.07) is 8.84. The first-order valence-corrected chi connectivity index (χ1v) is 18.0. The third-order valence-corrected chi connectivity index (χ3v) is 11.4. The van der Waals surface area contributed by atoms with E-state index in [4.69, 9.17) is 19.6 Å². The van der Waals surface area contributed by atoms with E-state index in [-0.39, 0.29) is 41.4 Å².